The lowest BCUT2D eigenvalue weighted by Gasteiger charge is -2.14. The van der Waals surface area contributed by atoms with E-state index in [0.717, 1.165) is 21.3 Å². The van der Waals surface area contributed by atoms with Gasteiger partial charge in [0.1, 0.15) is 18.1 Å². The summed E-state index contributed by atoms with van der Waals surface area (Å²) in [7, 11) is 0. The molecule has 0 bridgehead atoms. The zero-order chi connectivity index (χ0) is 22.4. The second kappa shape index (κ2) is 10.3. The molecule has 7 nitrogen and oxygen atoms in total. The van der Waals surface area contributed by atoms with Crippen molar-refractivity contribution in [3.8, 4) is 5.75 Å². The molecule has 1 N–H and O–H groups in total. The van der Waals surface area contributed by atoms with E-state index in [1.54, 1.807) is 24.3 Å². The highest BCUT2D eigenvalue weighted by Gasteiger charge is 2.14. The van der Waals surface area contributed by atoms with Gasteiger partial charge in [-0.1, -0.05) is 33.2 Å². The van der Waals surface area contributed by atoms with E-state index in [9.17, 15) is 9.59 Å². The Morgan fingerprint density at radius 1 is 1.10 bits per heavy atom. The number of hydrogen-bond acceptors (Lipinski definition) is 6. The van der Waals surface area contributed by atoms with Crippen LogP contribution in [0.4, 0.5) is 0 Å². The summed E-state index contributed by atoms with van der Waals surface area (Å²) in [6.45, 7) is 5.51. The molecule has 3 aromatic rings. The van der Waals surface area contributed by atoms with Crippen molar-refractivity contribution in [2.45, 2.75) is 33.4 Å². The summed E-state index contributed by atoms with van der Waals surface area (Å²) in [6.07, 6.45) is 0. The lowest BCUT2D eigenvalue weighted by Crippen LogP contribution is -2.31. The molecule has 1 amide bonds. The van der Waals surface area contributed by atoms with Gasteiger partial charge in [0.25, 0.3) is 5.91 Å². The van der Waals surface area contributed by atoms with Gasteiger partial charge in [0.15, 0.2) is 6.61 Å². The zero-order valence-corrected chi connectivity index (χ0v) is 19.1. The fourth-order valence-electron chi connectivity index (χ4n) is 2.88. The van der Waals surface area contributed by atoms with Crippen LogP contribution in [0.3, 0.4) is 0 Å². The number of ether oxygens (including phenoxy) is 2. The van der Waals surface area contributed by atoms with E-state index >= 15 is 0 Å². The smallest absolute Gasteiger partial charge is 0.338 e. The van der Waals surface area contributed by atoms with E-state index < -0.39 is 5.97 Å². The predicted octanol–water partition coefficient (Wildman–Crippen LogP) is 4.67. The molecule has 1 heterocycles. The highest BCUT2D eigenvalue weighted by molar-refractivity contribution is 9.10. The first kappa shape index (κ1) is 22.6. The van der Waals surface area contributed by atoms with Gasteiger partial charge in [-0.25, -0.2) is 4.79 Å². The van der Waals surface area contributed by atoms with E-state index in [1.807, 2.05) is 45.0 Å². The first-order chi connectivity index (χ1) is 14.8. The van der Waals surface area contributed by atoms with Crippen molar-refractivity contribution in [1.29, 1.82) is 0 Å². The SMILES string of the molecule is Cc1noc(C)c1COc1ccc(C(=O)OCC(=O)NC(C)c2ccc(Br)cc2)cc1. The Hall–Kier alpha value is -3.13. The molecule has 0 aliphatic heterocycles. The summed E-state index contributed by atoms with van der Waals surface area (Å²) in [5.74, 6) is 0.356. The van der Waals surface area contributed by atoms with Crippen LogP contribution < -0.4 is 10.1 Å². The highest BCUT2D eigenvalue weighted by atomic mass is 79.9. The van der Waals surface area contributed by atoms with E-state index in [0.29, 0.717) is 23.7 Å². The summed E-state index contributed by atoms with van der Waals surface area (Å²) in [5, 5.41) is 6.69. The third kappa shape index (κ3) is 6.18. The van der Waals surface area contributed by atoms with E-state index in [1.165, 1.54) is 0 Å². The highest BCUT2D eigenvalue weighted by Crippen LogP contribution is 2.19. The largest absolute Gasteiger partial charge is 0.489 e. The van der Waals surface area contributed by atoms with Crippen LogP contribution in [-0.4, -0.2) is 23.6 Å². The molecule has 0 radical (unpaired) electrons. The van der Waals surface area contributed by atoms with Crippen molar-refractivity contribution >= 4 is 27.8 Å². The topological polar surface area (TPSA) is 90.7 Å². The molecule has 3 rings (SSSR count). The molecular formula is C23H23BrN2O5. The van der Waals surface area contributed by atoms with Crippen LogP contribution in [0.2, 0.25) is 0 Å². The zero-order valence-electron chi connectivity index (χ0n) is 17.5. The van der Waals surface area contributed by atoms with Crippen LogP contribution in [0.15, 0.2) is 57.5 Å². The van der Waals surface area contributed by atoms with Crippen LogP contribution in [0.1, 0.15) is 45.9 Å². The number of carbonyl (C=O) groups excluding carboxylic acids is 2. The molecule has 8 heteroatoms. The fourth-order valence-corrected chi connectivity index (χ4v) is 3.15. The molecule has 1 aromatic heterocycles. The first-order valence-electron chi connectivity index (χ1n) is 9.70. The van der Waals surface area contributed by atoms with Crippen molar-refractivity contribution in [3.05, 3.63) is 81.1 Å². The maximum atomic E-state index is 12.2. The number of nitrogens with zero attached hydrogens (tertiary/aromatic N) is 1. The number of aryl methyl sites for hydroxylation is 2. The molecule has 1 atom stereocenters. The molecule has 1 unspecified atom stereocenters. The number of carbonyl (C=O) groups is 2. The quantitative estimate of drug-likeness (QED) is 0.465. The fraction of sp³-hybridized carbons (Fsp3) is 0.261. The molecule has 0 saturated carbocycles. The number of esters is 1. The number of nitrogens with one attached hydrogen (secondary N) is 1. The molecule has 31 heavy (non-hydrogen) atoms. The van der Waals surface area contributed by atoms with E-state index in [2.05, 4.69) is 26.4 Å². The van der Waals surface area contributed by atoms with Crippen LogP contribution >= 0.6 is 15.9 Å². The molecule has 2 aromatic carbocycles. The van der Waals surface area contributed by atoms with Gasteiger partial charge in [-0.3, -0.25) is 4.79 Å². The summed E-state index contributed by atoms with van der Waals surface area (Å²) < 4.78 is 16.9. The van der Waals surface area contributed by atoms with Crippen molar-refractivity contribution in [1.82, 2.24) is 10.5 Å². The van der Waals surface area contributed by atoms with Gasteiger partial charge >= 0.3 is 5.97 Å². The van der Waals surface area contributed by atoms with Crippen LogP contribution in [0.5, 0.6) is 5.75 Å². The van der Waals surface area contributed by atoms with Crippen LogP contribution in [-0.2, 0) is 16.1 Å². The van der Waals surface area contributed by atoms with E-state index in [4.69, 9.17) is 14.0 Å². The van der Waals surface area contributed by atoms with Crippen molar-refractivity contribution in [3.63, 3.8) is 0 Å². The number of amides is 1. The second-order valence-electron chi connectivity index (χ2n) is 7.03. The minimum absolute atomic E-state index is 0.201. The number of rotatable bonds is 8. The molecule has 0 fully saturated rings. The van der Waals surface area contributed by atoms with Gasteiger partial charge in [0.2, 0.25) is 0 Å². The Morgan fingerprint density at radius 3 is 2.39 bits per heavy atom. The lowest BCUT2D eigenvalue weighted by molar-refractivity contribution is -0.124. The molecule has 0 spiro atoms. The normalized spacial score (nSPS) is 11.6. The summed E-state index contributed by atoms with van der Waals surface area (Å²) in [4.78, 5) is 24.3. The molecule has 0 saturated heterocycles. The van der Waals surface area contributed by atoms with Gasteiger partial charge in [-0.15, -0.1) is 0 Å². The van der Waals surface area contributed by atoms with Crippen molar-refractivity contribution in [2.75, 3.05) is 6.61 Å². The maximum absolute atomic E-state index is 12.2. The van der Waals surface area contributed by atoms with Crippen molar-refractivity contribution < 1.29 is 23.6 Å². The third-order valence-corrected chi connectivity index (χ3v) is 5.26. The number of hydrogen-bond donors (Lipinski definition) is 1. The standard InChI is InChI=1S/C23H23BrN2O5/c1-14(17-4-8-19(24)9-5-17)25-22(27)13-30-23(28)18-6-10-20(11-7-18)29-12-21-15(2)26-31-16(21)3/h4-11,14H,12-13H2,1-3H3,(H,25,27). The van der Waals surface area contributed by atoms with Gasteiger partial charge in [-0.2, -0.15) is 0 Å². The van der Waals surface area contributed by atoms with E-state index in [-0.39, 0.29) is 18.6 Å². The summed E-state index contributed by atoms with van der Waals surface area (Å²) in [5.41, 5.74) is 2.96. The Bertz CT molecular complexity index is 1030. The number of halogens is 1. The van der Waals surface area contributed by atoms with Gasteiger partial charge < -0.3 is 19.3 Å². The molecular weight excluding hydrogens is 464 g/mol. The monoisotopic (exact) mass is 486 g/mol. The lowest BCUT2D eigenvalue weighted by atomic mass is 10.1. The van der Waals surface area contributed by atoms with Gasteiger partial charge in [-0.05, 0) is 62.7 Å². The number of aromatic nitrogens is 1. The van der Waals surface area contributed by atoms with Gasteiger partial charge in [0, 0.05) is 4.47 Å². The first-order valence-corrected chi connectivity index (χ1v) is 10.5. The minimum Gasteiger partial charge on any atom is -0.489 e. The molecule has 0 aliphatic rings. The third-order valence-electron chi connectivity index (χ3n) is 4.74. The maximum Gasteiger partial charge on any atom is 0.338 e. The predicted molar refractivity (Wildman–Crippen MR) is 118 cm³/mol. The summed E-state index contributed by atoms with van der Waals surface area (Å²) in [6, 6.07) is 14.0. The average Bonchev–Trinajstić information content (AvgIpc) is 3.08. The number of benzene rings is 2. The van der Waals surface area contributed by atoms with Crippen molar-refractivity contribution in [2.24, 2.45) is 0 Å². The molecule has 0 aliphatic carbocycles. The Morgan fingerprint density at radius 2 is 1.77 bits per heavy atom. The minimum atomic E-state index is -0.580. The Kier molecular flexibility index (Phi) is 7.46. The Labute approximate surface area is 188 Å². The van der Waals surface area contributed by atoms with Gasteiger partial charge in [0.05, 0.1) is 22.9 Å². The summed E-state index contributed by atoms with van der Waals surface area (Å²) >= 11 is 3.38. The molecule has 162 valence electrons. The second-order valence-corrected chi connectivity index (χ2v) is 7.95. The Balaban J connectivity index is 1.46. The average molecular weight is 487 g/mol. The van der Waals surface area contributed by atoms with Crippen LogP contribution in [0, 0.1) is 13.8 Å². The van der Waals surface area contributed by atoms with Crippen LogP contribution in [0.25, 0.3) is 0 Å².